The molecule has 0 radical (unpaired) electrons. The number of halogens is 1. The van der Waals surface area contributed by atoms with Crippen molar-refractivity contribution in [2.45, 2.75) is 25.4 Å². The molecule has 0 saturated carbocycles. The van der Waals surface area contributed by atoms with Gasteiger partial charge in [0.2, 0.25) is 0 Å². The second-order valence-corrected chi connectivity index (χ2v) is 5.72. The van der Waals surface area contributed by atoms with E-state index in [0.29, 0.717) is 24.4 Å². The number of nitrogens with one attached hydrogen (secondary N) is 2. The average Bonchev–Trinajstić information content (AvgIpc) is 2.57. The van der Waals surface area contributed by atoms with Gasteiger partial charge in [-0.1, -0.05) is 54.1 Å². The van der Waals surface area contributed by atoms with Crippen LogP contribution in [0.1, 0.15) is 30.0 Å². The number of carbonyl (C=O) groups excluding carboxylic acids is 1. The van der Waals surface area contributed by atoms with Gasteiger partial charge in [0.15, 0.2) is 0 Å². The van der Waals surface area contributed by atoms with Crippen LogP contribution in [-0.2, 0) is 6.54 Å². The monoisotopic (exact) mass is 332 g/mol. The van der Waals surface area contributed by atoms with E-state index in [1.54, 1.807) is 6.07 Å². The molecule has 0 heterocycles. The first-order valence-corrected chi connectivity index (χ1v) is 8.01. The summed E-state index contributed by atoms with van der Waals surface area (Å²) in [7, 11) is 0. The fourth-order valence-corrected chi connectivity index (χ4v) is 2.55. The Morgan fingerprint density at radius 1 is 1.13 bits per heavy atom. The summed E-state index contributed by atoms with van der Waals surface area (Å²) in [5, 5.41) is 15.5. The molecule has 2 amide bonds. The van der Waals surface area contributed by atoms with Gasteiger partial charge in [0.1, 0.15) is 0 Å². The number of benzene rings is 2. The molecular weight excluding hydrogens is 312 g/mol. The molecule has 0 aromatic heterocycles. The van der Waals surface area contributed by atoms with Crippen LogP contribution in [0.25, 0.3) is 0 Å². The van der Waals surface area contributed by atoms with Crippen LogP contribution in [0.3, 0.4) is 0 Å². The lowest BCUT2D eigenvalue weighted by Crippen LogP contribution is -2.37. The molecule has 0 saturated heterocycles. The number of hydrogen-bond donors (Lipinski definition) is 3. The summed E-state index contributed by atoms with van der Waals surface area (Å²) in [4.78, 5) is 12.1. The molecule has 3 N–H and O–H groups in total. The summed E-state index contributed by atoms with van der Waals surface area (Å²) >= 11 is 5.93. The molecule has 0 aliphatic rings. The fourth-order valence-electron chi connectivity index (χ4n) is 2.34. The zero-order chi connectivity index (χ0) is 16.5. The van der Waals surface area contributed by atoms with Crippen molar-refractivity contribution in [3.05, 3.63) is 70.7 Å². The Labute approximate surface area is 141 Å². The molecule has 0 bridgehead atoms. The molecule has 2 aromatic rings. The molecular formula is C18H21ClN2O2. The first kappa shape index (κ1) is 17.3. The molecule has 2 rings (SSSR count). The molecule has 0 spiro atoms. The first-order valence-electron chi connectivity index (χ1n) is 7.63. The summed E-state index contributed by atoms with van der Waals surface area (Å²) in [5.41, 5.74) is 1.97. The van der Waals surface area contributed by atoms with E-state index in [4.69, 9.17) is 16.7 Å². The standard InChI is InChI=1S/C18H21ClN2O2/c19-16-9-4-6-14(12-16)13-20-18(23)21-17(10-5-11-22)15-7-2-1-3-8-15/h1-4,6-9,12,17,22H,5,10-11,13H2,(H2,20,21,23). The quantitative estimate of drug-likeness (QED) is 0.724. The van der Waals surface area contributed by atoms with Crippen molar-refractivity contribution >= 4 is 17.6 Å². The molecule has 0 aliphatic heterocycles. The molecule has 2 aromatic carbocycles. The smallest absolute Gasteiger partial charge is 0.315 e. The van der Waals surface area contributed by atoms with Crippen molar-refractivity contribution in [2.75, 3.05) is 6.61 Å². The normalized spacial score (nSPS) is 11.7. The second-order valence-electron chi connectivity index (χ2n) is 5.29. The van der Waals surface area contributed by atoms with Crippen LogP contribution in [0, 0.1) is 0 Å². The predicted octanol–water partition coefficient (Wildman–Crippen LogP) is 3.65. The highest BCUT2D eigenvalue weighted by atomic mass is 35.5. The maximum atomic E-state index is 12.1. The minimum atomic E-state index is -0.239. The Hall–Kier alpha value is -2.04. The average molecular weight is 333 g/mol. The van der Waals surface area contributed by atoms with Gasteiger partial charge in [0.05, 0.1) is 6.04 Å². The molecule has 1 unspecified atom stereocenters. The lowest BCUT2D eigenvalue weighted by molar-refractivity contribution is 0.232. The Morgan fingerprint density at radius 2 is 1.91 bits per heavy atom. The van der Waals surface area contributed by atoms with Gasteiger partial charge in [0.25, 0.3) is 0 Å². The zero-order valence-electron chi connectivity index (χ0n) is 12.8. The van der Waals surface area contributed by atoms with Gasteiger partial charge in [-0.3, -0.25) is 0 Å². The van der Waals surface area contributed by atoms with E-state index in [9.17, 15) is 4.79 Å². The minimum Gasteiger partial charge on any atom is -0.396 e. The SMILES string of the molecule is O=C(NCc1cccc(Cl)c1)NC(CCCO)c1ccccc1. The summed E-state index contributed by atoms with van der Waals surface area (Å²) in [6.07, 6.45) is 1.32. The van der Waals surface area contributed by atoms with Crippen LogP contribution in [0.4, 0.5) is 4.79 Å². The van der Waals surface area contributed by atoms with E-state index < -0.39 is 0 Å². The summed E-state index contributed by atoms with van der Waals surface area (Å²) < 4.78 is 0. The van der Waals surface area contributed by atoms with E-state index in [1.807, 2.05) is 48.5 Å². The van der Waals surface area contributed by atoms with Gasteiger partial charge >= 0.3 is 6.03 Å². The molecule has 0 aliphatic carbocycles. The van der Waals surface area contributed by atoms with Crippen molar-refractivity contribution in [3.8, 4) is 0 Å². The third-order valence-electron chi connectivity index (χ3n) is 3.50. The Balaban J connectivity index is 1.92. The van der Waals surface area contributed by atoms with E-state index >= 15 is 0 Å². The van der Waals surface area contributed by atoms with Crippen molar-refractivity contribution < 1.29 is 9.90 Å². The maximum Gasteiger partial charge on any atom is 0.315 e. The Bertz CT molecular complexity index is 619. The number of hydrogen-bond acceptors (Lipinski definition) is 2. The minimum absolute atomic E-state index is 0.106. The van der Waals surface area contributed by atoms with Crippen LogP contribution in [0.15, 0.2) is 54.6 Å². The van der Waals surface area contributed by atoms with Crippen molar-refractivity contribution in [1.29, 1.82) is 0 Å². The van der Waals surface area contributed by atoms with Crippen molar-refractivity contribution in [3.63, 3.8) is 0 Å². The van der Waals surface area contributed by atoms with Crippen LogP contribution >= 0.6 is 11.6 Å². The third-order valence-corrected chi connectivity index (χ3v) is 3.74. The molecule has 1 atom stereocenters. The maximum absolute atomic E-state index is 12.1. The third kappa shape index (κ3) is 5.93. The molecule has 23 heavy (non-hydrogen) atoms. The topological polar surface area (TPSA) is 61.4 Å². The number of aliphatic hydroxyl groups is 1. The largest absolute Gasteiger partial charge is 0.396 e. The van der Waals surface area contributed by atoms with Gasteiger partial charge in [-0.15, -0.1) is 0 Å². The van der Waals surface area contributed by atoms with Gasteiger partial charge in [-0.05, 0) is 36.1 Å². The fraction of sp³-hybridized carbons (Fsp3) is 0.278. The lowest BCUT2D eigenvalue weighted by Gasteiger charge is -2.19. The number of aliphatic hydroxyl groups excluding tert-OH is 1. The zero-order valence-corrected chi connectivity index (χ0v) is 13.6. The van der Waals surface area contributed by atoms with Crippen LogP contribution in [0.5, 0.6) is 0 Å². The summed E-state index contributed by atoms with van der Waals surface area (Å²) in [5.74, 6) is 0. The molecule has 5 heteroatoms. The van der Waals surface area contributed by atoms with Gasteiger partial charge in [-0.2, -0.15) is 0 Å². The summed E-state index contributed by atoms with van der Waals surface area (Å²) in [6, 6.07) is 16.8. The number of amides is 2. The van der Waals surface area contributed by atoms with E-state index in [1.165, 1.54) is 0 Å². The highest BCUT2D eigenvalue weighted by Crippen LogP contribution is 2.18. The van der Waals surface area contributed by atoms with Gasteiger partial charge in [-0.25, -0.2) is 4.79 Å². The second kappa shape index (κ2) is 9.18. The first-order chi connectivity index (χ1) is 11.2. The van der Waals surface area contributed by atoms with E-state index in [0.717, 1.165) is 11.1 Å². The highest BCUT2D eigenvalue weighted by molar-refractivity contribution is 6.30. The summed E-state index contributed by atoms with van der Waals surface area (Å²) in [6.45, 7) is 0.517. The lowest BCUT2D eigenvalue weighted by atomic mass is 10.0. The van der Waals surface area contributed by atoms with Gasteiger partial charge in [0, 0.05) is 18.2 Å². The molecule has 0 fully saturated rings. The number of carbonyl (C=O) groups is 1. The van der Waals surface area contributed by atoms with Gasteiger partial charge < -0.3 is 15.7 Å². The van der Waals surface area contributed by atoms with Crippen LogP contribution < -0.4 is 10.6 Å². The van der Waals surface area contributed by atoms with Crippen molar-refractivity contribution in [1.82, 2.24) is 10.6 Å². The number of rotatable bonds is 7. The molecule has 122 valence electrons. The van der Waals surface area contributed by atoms with Crippen LogP contribution in [-0.4, -0.2) is 17.7 Å². The predicted molar refractivity (Wildman–Crippen MR) is 92.3 cm³/mol. The van der Waals surface area contributed by atoms with Crippen LogP contribution in [0.2, 0.25) is 5.02 Å². The number of urea groups is 1. The Morgan fingerprint density at radius 3 is 2.61 bits per heavy atom. The van der Waals surface area contributed by atoms with E-state index in [-0.39, 0.29) is 18.7 Å². The highest BCUT2D eigenvalue weighted by Gasteiger charge is 2.13. The molecule has 4 nitrogen and oxygen atoms in total. The van der Waals surface area contributed by atoms with Crippen molar-refractivity contribution in [2.24, 2.45) is 0 Å². The van der Waals surface area contributed by atoms with E-state index in [2.05, 4.69) is 10.6 Å². The Kier molecular flexibility index (Phi) is 6.91.